The standard InChI is InChI=1S/C17H21NS/c1-13(2)17(14-8-5-4-6-9-14)18-15-10-7-11-16(12-15)19-3/h4-13,17-18H,1-3H3. The van der Waals surface area contributed by atoms with E-state index in [9.17, 15) is 0 Å². The first kappa shape index (κ1) is 14.0. The predicted molar refractivity (Wildman–Crippen MR) is 85.9 cm³/mol. The summed E-state index contributed by atoms with van der Waals surface area (Å²) in [4.78, 5) is 1.29. The number of nitrogens with one attached hydrogen (secondary N) is 1. The highest BCUT2D eigenvalue weighted by atomic mass is 32.2. The molecule has 0 fully saturated rings. The summed E-state index contributed by atoms with van der Waals surface area (Å²) in [5.74, 6) is 0.542. The van der Waals surface area contributed by atoms with Crippen molar-refractivity contribution in [1.29, 1.82) is 0 Å². The van der Waals surface area contributed by atoms with Crippen molar-refractivity contribution in [1.82, 2.24) is 0 Å². The van der Waals surface area contributed by atoms with Crippen LogP contribution < -0.4 is 5.32 Å². The van der Waals surface area contributed by atoms with Gasteiger partial charge in [-0.15, -0.1) is 11.8 Å². The van der Waals surface area contributed by atoms with Gasteiger partial charge in [-0.05, 0) is 35.9 Å². The van der Waals surface area contributed by atoms with Gasteiger partial charge in [-0.3, -0.25) is 0 Å². The molecule has 0 aromatic heterocycles. The highest BCUT2D eigenvalue weighted by molar-refractivity contribution is 7.98. The summed E-state index contributed by atoms with van der Waals surface area (Å²) in [6, 6.07) is 19.6. The molecule has 0 saturated heterocycles. The van der Waals surface area contributed by atoms with E-state index in [2.05, 4.69) is 80.0 Å². The smallest absolute Gasteiger partial charge is 0.0536 e. The van der Waals surface area contributed by atoms with Crippen LogP contribution in [0.25, 0.3) is 0 Å². The first-order chi connectivity index (χ1) is 9.20. The molecule has 0 heterocycles. The van der Waals surface area contributed by atoms with Crippen LogP contribution in [0.3, 0.4) is 0 Å². The van der Waals surface area contributed by atoms with Crippen molar-refractivity contribution in [2.45, 2.75) is 24.8 Å². The number of anilines is 1. The van der Waals surface area contributed by atoms with Crippen molar-refractivity contribution >= 4 is 17.4 Å². The lowest BCUT2D eigenvalue weighted by Crippen LogP contribution is -2.16. The van der Waals surface area contributed by atoms with Gasteiger partial charge in [-0.25, -0.2) is 0 Å². The SMILES string of the molecule is CSc1cccc(NC(c2ccccc2)C(C)C)c1. The summed E-state index contributed by atoms with van der Waals surface area (Å²) >= 11 is 1.77. The molecule has 0 aliphatic rings. The molecule has 2 rings (SSSR count). The largest absolute Gasteiger partial charge is 0.378 e. The Morgan fingerprint density at radius 2 is 1.68 bits per heavy atom. The quantitative estimate of drug-likeness (QED) is 0.748. The molecule has 0 aliphatic carbocycles. The highest BCUT2D eigenvalue weighted by Crippen LogP contribution is 2.28. The van der Waals surface area contributed by atoms with E-state index in [0.29, 0.717) is 12.0 Å². The third-order valence-corrected chi connectivity index (χ3v) is 3.94. The van der Waals surface area contributed by atoms with Crippen molar-refractivity contribution in [3.8, 4) is 0 Å². The zero-order chi connectivity index (χ0) is 13.7. The summed E-state index contributed by atoms with van der Waals surface area (Å²) in [5, 5.41) is 3.66. The van der Waals surface area contributed by atoms with Gasteiger partial charge >= 0.3 is 0 Å². The van der Waals surface area contributed by atoms with Crippen molar-refractivity contribution in [2.24, 2.45) is 5.92 Å². The highest BCUT2D eigenvalue weighted by Gasteiger charge is 2.15. The topological polar surface area (TPSA) is 12.0 Å². The van der Waals surface area contributed by atoms with Gasteiger partial charge in [0, 0.05) is 10.6 Å². The molecule has 19 heavy (non-hydrogen) atoms. The van der Waals surface area contributed by atoms with Crippen molar-refractivity contribution < 1.29 is 0 Å². The van der Waals surface area contributed by atoms with Crippen LogP contribution in [0.4, 0.5) is 5.69 Å². The normalized spacial score (nSPS) is 12.4. The molecule has 0 spiro atoms. The minimum atomic E-state index is 0.346. The summed E-state index contributed by atoms with van der Waals surface area (Å²) < 4.78 is 0. The molecule has 100 valence electrons. The first-order valence-electron chi connectivity index (χ1n) is 6.66. The molecular weight excluding hydrogens is 250 g/mol. The predicted octanol–water partition coefficient (Wildman–Crippen LogP) is 5.22. The fourth-order valence-corrected chi connectivity index (χ4v) is 2.65. The minimum Gasteiger partial charge on any atom is -0.378 e. The van der Waals surface area contributed by atoms with E-state index in [0.717, 1.165) is 0 Å². The Morgan fingerprint density at radius 1 is 0.947 bits per heavy atom. The number of hydrogen-bond donors (Lipinski definition) is 1. The summed E-state index contributed by atoms with van der Waals surface area (Å²) in [5.41, 5.74) is 2.53. The molecule has 2 aromatic rings. The lowest BCUT2D eigenvalue weighted by Gasteiger charge is -2.24. The number of thioether (sulfide) groups is 1. The Balaban J connectivity index is 2.21. The third-order valence-electron chi connectivity index (χ3n) is 3.22. The van der Waals surface area contributed by atoms with Crippen molar-refractivity contribution in [2.75, 3.05) is 11.6 Å². The van der Waals surface area contributed by atoms with E-state index >= 15 is 0 Å². The molecule has 1 N–H and O–H groups in total. The molecule has 2 aromatic carbocycles. The molecule has 0 saturated carbocycles. The van der Waals surface area contributed by atoms with Gasteiger partial charge in [-0.1, -0.05) is 50.2 Å². The Labute approximate surface area is 120 Å². The Kier molecular flexibility index (Phi) is 4.92. The zero-order valence-corrected chi connectivity index (χ0v) is 12.6. The van der Waals surface area contributed by atoms with E-state index in [-0.39, 0.29) is 0 Å². The number of benzene rings is 2. The first-order valence-corrected chi connectivity index (χ1v) is 7.88. The van der Waals surface area contributed by atoms with Gasteiger partial charge in [0.1, 0.15) is 0 Å². The summed E-state index contributed by atoms with van der Waals surface area (Å²) in [7, 11) is 0. The Hall–Kier alpha value is -1.41. The van der Waals surface area contributed by atoms with Crippen LogP contribution in [0.5, 0.6) is 0 Å². The van der Waals surface area contributed by atoms with Gasteiger partial charge < -0.3 is 5.32 Å². The molecule has 2 heteroatoms. The number of hydrogen-bond acceptors (Lipinski definition) is 2. The van der Waals surface area contributed by atoms with E-state index in [4.69, 9.17) is 0 Å². The van der Waals surface area contributed by atoms with Crippen LogP contribution in [0, 0.1) is 5.92 Å². The van der Waals surface area contributed by atoms with E-state index in [1.165, 1.54) is 16.1 Å². The van der Waals surface area contributed by atoms with Crippen LogP contribution in [0.15, 0.2) is 59.5 Å². The molecule has 0 radical (unpaired) electrons. The Morgan fingerprint density at radius 3 is 2.32 bits per heavy atom. The van der Waals surface area contributed by atoms with Gasteiger partial charge in [0.25, 0.3) is 0 Å². The van der Waals surface area contributed by atoms with E-state index in [1.807, 2.05) is 0 Å². The van der Waals surface area contributed by atoms with Crippen LogP contribution in [-0.4, -0.2) is 6.26 Å². The van der Waals surface area contributed by atoms with Crippen LogP contribution in [-0.2, 0) is 0 Å². The van der Waals surface area contributed by atoms with Crippen molar-refractivity contribution in [3.05, 3.63) is 60.2 Å². The van der Waals surface area contributed by atoms with Gasteiger partial charge in [0.05, 0.1) is 6.04 Å². The second-order valence-electron chi connectivity index (χ2n) is 5.01. The average molecular weight is 271 g/mol. The van der Waals surface area contributed by atoms with E-state index < -0.39 is 0 Å². The van der Waals surface area contributed by atoms with Gasteiger partial charge in [0.2, 0.25) is 0 Å². The van der Waals surface area contributed by atoms with Gasteiger partial charge in [0.15, 0.2) is 0 Å². The molecule has 1 unspecified atom stereocenters. The lowest BCUT2D eigenvalue weighted by molar-refractivity contribution is 0.546. The molecule has 0 aliphatic heterocycles. The summed E-state index contributed by atoms with van der Waals surface area (Å²) in [6.45, 7) is 4.51. The lowest BCUT2D eigenvalue weighted by atomic mass is 9.96. The number of rotatable bonds is 5. The Bertz CT molecular complexity index is 508. The second kappa shape index (κ2) is 6.67. The maximum Gasteiger partial charge on any atom is 0.0536 e. The average Bonchev–Trinajstić information content (AvgIpc) is 2.45. The molecule has 1 atom stereocenters. The van der Waals surface area contributed by atoms with Gasteiger partial charge in [-0.2, -0.15) is 0 Å². The van der Waals surface area contributed by atoms with Crippen molar-refractivity contribution in [3.63, 3.8) is 0 Å². The van der Waals surface area contributed by atoms with Crippen LogP contribution in [0.1, 0.15) is 25.5 Å². The van der Waals surface area contributed by atoms with E-state index in [1.54, 1.807) is 11.8 Å². The maximum absolute atomic E-state index is 3.66. The van der Waals surface area contributed by atoms with Crippen LogP contribution >= 0.6 is 11.8 Å². The fourth-order valence-electron chi connectivity index (χ4n) is 2.19. The summed E-state index contributed by atoms with van der Waals surface area (Å²) in [6.07, 6.45) is 2.11. The van der Waals surface area contributed by atoms with Crippen LogP contribution in [0.2, 0.25) is 0 Å². The fraction of sp³-hybridized carbons (Fsp3) is 0.294. The monoisotopic (exact) mass is 271 g/mol. The zero-order valence-electron chi connectivity index (χ0n) is 11.8. The minimum absolute atomic E-state index is 0.346. The third kappa shape index (κ3) is 3.77. The molecule has 1 nitrogen and oxygen atoms in total. The molecule has 0 amide bonds. The molecular formula is C17H21NS. The molecule has 0 bridgehead atoms. The second-order valence-corrected chi connectivity index (χ2v) is 5.89. The maximum atomic E-state index is 3.66.